The predicted molar refractivity (Wildman–Crippen MR) is 224 cm³/mol. The van der Waals surface area contributed by atoms with E-state index in [1.165, 1.54) is 180 Å². The number of rotatable bonds is 42. The van der Waals surface area contributed by atoms with Gasteiger partial charge < -0.3 is 25.7 Å². The van der Waals surface area contributed by atoms with Gasteiger partial charge in [0.05, 0.1) is 18.8 Å². The second-order valence-electron chi connectivity index (χ2n) is 16.1. The summed E-state index contributed by atoms with van der Waals surface area (Å²) in [5, 5.41) is 43.6. The number of carbonyl (C=O) groups is 1. The normalized spacial score (nSPS) is 14.2. The fourth-order valence-corrected chi connectivity index (χ4v) is 7.29. The van der Waals surface area contributed by atoms with Crippen LogP contribution in [-0.2, 0) is 4.79 Å². The van der Waals surface area contributed by atoms with Gasteiger partial charge in [0.2, 0.25) is 5.91 Å². The van der Waals surface area contributed by atoms with E-state index < -0.39 is 36.9 Å². The maximum Gasteiger partial charge on any atom is 0.249 e. The molecule has 0 aliphatic carbocycles. The Hall–Kier alpha value is -0.950. The Balaban J connectivity index is 3.65. The Bertz CT molecular complexity index is 746. The van der Waals surface area contributed by atoms with Gasteiger partial charge in [-0.1, -0.05) is 219 Å². The number of aliphatic hydroxyl groups excluding tert-OH is 4. The predicted octanol–water partition coefficient (Wildman–Crippen LogP) is 12.2. The molecule has 0 heterocycles. The van der Waals surface area contributed by atoms with Gasteiger partial charge in [0.1, 0.15) is 12.2 Å². The van der Waals surface area contributed by atoms with Crippen molar-refractivity contribution in [2.75, 3.05) is 6.61 Å². The molecule has 0 bridgehead atoms. The molecular weight excluding hydrogens is 647 g/mol. The summed E-state index contributed by atoms with van der Waals surface area (Å²) in [4.78, 5) is 12.5. The third-order valence-corrected chi connectivity index (χ3v) is 11.0. The molecule has 5 N–H and O–H groups in total. The number of carbonyl (C=O) groups excluding carboxylic acids is 1. The fourth-order valence-electron chi connectivity index (χ4n) is 7.29. The van der Waals surface area contributed by atoms with Crippen molar-refractivity contribution in [1.29, 1.82) is 0 Å². The molecule has 4 unspecified atom stereocenters. The molecule has 0 spiro atoms. The van der Waals surface area contributed by atoms with Crippen molar-refractivity contribution in [3.8, 4) is 0 Å². The zero-order valence-electron chi connectivity index (χ0n) is 34.8. The average Bonchev–Trinajstić information content (AvgIpc) is 3.15. The van der Waals surface area contributed by atoms with E-state index >= 15 is 0 Å². The first-order valence-corrected chi connectivity index (χ1v) is 23.1. The van der Waals surface area contributed by atoms with E-state index in [1.54, 1.807) is 0 Å². The van der Waals surface area contributed by atoms with E-state index in [0.29, 0.717) is 12.8 Å². The quantitative estimate of drug-likeness (QED) is 0.0316. The van der Waals surface area contributed by atoms with E-state index in [1.807, 2.05) is 0 Å². The monoisotopic (exact) mass is 738 g/mol. The molecule has 0 radical (unpaired) electrons. The second kappa shape index (κ2) is 41.2. The highest BCUT2D eigenvalue weighted by Crippen LogP contribution is 2.17. The van der Waals surface area contributed by atoms with E-state index in [-0.39, 0.29) is 0 Å². The number of amides is 1. The molecule has 52 heavy (non-hydrogen) atoms. The summed E-state index contributed by atoms with van der Waals surface area (Å²) in [6.45, 7) is 4.04. The van der Waals surface area contributed by atoms with Crippen molar-refractivity contribution >= 4 is 5.91 Å². The van der Waals surface area contributed by atoms with Crippen LogP contribution in [-0.4, -0.2) is 57.3 Å². The minimum absolute atomic E-state index is 0.368. The molecule has 0 rings (SSSR count). The minimum Gasteiger partial charge on any atom is -0.394 e. The van der Waals surface area contributed by atoms with Crippen molar-refractivity contribution in [2.45, 2.75) is 269 Å². The first-order valence-electron chi connectivity index (χ1n) is 23.1. The lowest BCUT2D eigenvalue weighted by atomic mass is 10.00. The van der Waals surface area contributed by atoms with Gasteiger partial charge in [-0.05, 0) is 38.5 Å². The molecule has 0 aromatic heterocycles. The number of hydrogen-bond donors (Lipinski definition) is 5. The van der Waals surface area contributed by atoms with Crippen molar-refractivity contribution in [3.05, 3.63) is 12.2 Å². The first kappa shape index (κ1) is 51.0. The summed E-state index contributed by atoms with van der Waals surface area (Å²) in [7, 11) is 0. The number of nitrogens with one attached hydrogen (secondary N) is 1. The van der Waals surface area contributed by atoms with Crippen molar-refractivity contribution in [1.82, 2.24) is 5.32 Å². The third-order valence-electron chi connectivity index (χ3n) is 11.0. The van der Waals surface area contributed by atoms with E-state index in [9.17, 15) is 25.2 Å². The lowest BCUT2D eigenvalue weighted by molar-refractivity contribution is -0.132. The van der Waals surface area contributed by atoms with Gasteiger partial charge in [0, 0.05) is 0 Å². The van der Waals surface area contributed by atoms with Crippen molar-refractivity contribution in [2.24, 2.45) is 0 Å². The maximum absolute atomic E-state index is 12.5. The smallest absolute Gasteiger partial charge is 0.249 e. The van der Waals surface area contributed by atoms with Crippen molar-refractivity contribution < 1.29 is 25.2 Å². The maximum atomic E-state index is 12.5. The van der Waals surface area contributed by atoms with Crippen LogP contribution in [0.1, 0.15) is 245 Å². The van der Waals surface area contributed by atoms with Gasteiger partial charge in [-0.25, -0.2) is 0 Å². The Labute approximate surface area is 323 Å². The molecule has 0 aromatic rings. The lowest BCUT2D eigenvalue weighted by Crippen LogP contribution is -2.53. The van der Waals surface area contributed by atoms with Crippen LogP contribution in [0, 0.1) is 0 Å². The van der Waals surface area contributed by atoms with Crippen LogP contribution in [0.15, 0.2) is 12.2 Å². The zero-order chi connectivity index (χ0) is 38.2. The average molecular weight is 738 g/mol. The summed E-state index contributed by atoms with van der Waals surface area (Å²) in [6.07, 6.45) is 45.5. The first-order chi connectivity index (χ1) is 25.5. The van der Waals surface area contributed by atoms with Crippen LogP contribution < -0.4 is 5.32 Å². The van der Waals surface area contributed by atoms with E-state index in [0.717, 1.165) is 38.5 Å². The van der Waals surface area contributed by atoms with Crippen LogP contribution in [0.5, 0.6) is 0 Å². The highest BCUT2D eigenvalue weighted by molar-refractivity contribution is 5.80. The van der Waals surface area contributed by atoms with Crippen LogP contribution >= 0.6 is 0 Å². The van der Waals surface area contributed by atoms with E-state index in [2.05, 4.69) is 31.3 Å². The molecule has 0 aromatic carbocycles. The van der Waals surface area contributed by atoms with Crippen LogP contribution in [0.3, 0.4) is 0 Å². The molecule has 1 amide bonds. The highest BCUT2D eigenvalue weighted by atomic mass is 16.3. The molecule has 0 aliphatic heterocycles. The number of aliphatic hydroxyl groups is 4. The van der Waals surface area contributed by atoms with Gasteiger partial charge >= 0.3 is 0 Å². The Morgan fingerprint density at radius 3 is 1.15 bits per heavy atom. The second-order valence-corrected chi connectivity index (χ2v) is 16.1. The van der Waals surface area contributed by atoms with E-state index in [4.69, 9.17) is 0 Å². The topological polar surface area (TPSA) is 110 Å². The summed E-state index contributed by atoms with van der Waals surface area (Å²) in [5.74, 6) is -0.590. The van der Waals surface area contributed by atoms with Gasteiger partial charge in [0.25, 0.3) is 0 Å². The molecule has 4 atom stereocenters. The highest BCUT2D eigenvalue weighted by Gasteiger charge is 2.28. The van der Waals surface area contributed by atoms with Crippen LogP contribution in [0.4, 0.5) is 0 Å². The summed E-state index contributed by atoms with van der Waals surface area (Å²) in [5.41, 5.74) is 0. The minimum atomic E-state index is -1.28. The standard InChI is InChI=1S/C46H91NO5/c1-3-5-7-9-11-13-15-17-18-19-20-21-22-23-24-25-26-27-28-30-32-34-36-38-40-44(50)46(52)47-42(41-48)45(51)43(49)39-37-35-33-31-29-16-14-12-10-8-6-4-2/h31,33,42-45,48-51H,3-30,32,34-41H2,1-2H3,(H,47,52)/b33-31+. The van der Waals surface area contributed by atoms with Gasteiger partial charge in [0.15, 0.2) is 0 Å². The van der Waals surface area contributed by atoms with Gasteiger partial charge in [-0.2, -0.15) is 0 Å². The molecule has 0 aliphatic rings. The van der Waals surface area contributed by atoms with Crippen molar-refractivity contribution in [3.63, 3.8) is 0 Å². The fraction of sp³-hybridized carbons (Fsp3) is 0.935. The summed E-state index contributed by atoms with van der Waals surface area (Å²) < 4.78 is 0. The summed E-state index contributed by atoms with van der Waals surface area (Å²) in [6, 6.07) is -0.996. The number of hydrogen-bond acceptors (Lipinski definition) is 5. The van der Waals surface area contributed by atoms with Crippen LogP contribution in [0.2, 0.25) is 0 Å². The Kier molecular flexibility index (Phi) is 40.5. The lowest BCUT2D eigenvalue weighted by Gasteiger charge is -2.27. The molecule has 0 saturated heterocycles. The Morgan fingerprint density at radius 2 is 0.788 bits per heavy atom. The molecular formula is C46H91NO5. The number of allylic oxidation sites excluding steroid dienone is 2. The summed E-state index contributed by atoms with van der Waals surface area (Å²) >= 11 is 0. The van der Waals surface area contributed by atoms with Crippen LogP contribution in [0.25, 0.3) is 0 Å². The molecule has 6 heteroatoms. The molecule has 310 valence electrons. The van der Waals surface area contributed by atoms with Gasteiger partial charge in [-0.3, -0.25) is 4.79 Å². The SMILES string of the molecule is CCCCCCCCC/C=C/CCCC(O)C(O)C(CO)NC(=O)C(O)CCCCCCCCCCCCCCCCCCCCCCCCCC. The molecule has 6 nitrogen and oxygen atoms in total. The Morgan fingerprint density at radius 1 is 0.462 bits per heavy atom. The largest absolute Gasteiger partial charge is 0.394 e. The zero-order valence-corrected chi connectivity index (χ0v) is 34.8. The number of unbranched alkanes of at least 4 members (excludes halogenated alkanes) is 31. The van der Waals surface area contributed by atoms with Gasteiger partial charge in [-0.15, -0.1) is 0 Å². The third kappa shape index (κ3) is 34.8. The molecule has 0 saturated carbocycles. The molecule has 0 fully saturated rings.